The summed E-state index contributed by atoms with van der Waals surface area (Å²) in [6.45, 7) is 0. The van der Waals surface area contributed by atoms with E-state index in [1.165, 1.54) is 55.6 Å². The number of carbonyl (C=O) groups is 1. The van der Waals surface area contributed by atoms with Crippen molar-refractivity contribution in [3.8, 4) is 0 Å². The first-order valence-electron chi connectivity index (χ1n) is 8.47. The van der Waals surface area contributed by atoms with Gasteiger partial charge in [-0.05, 0) is 68.4 Å². The normalized spacial score (nSPS) is 35.0. The first-order valence-corrected chi connectivity index (χ1v) is 9.28. The van der Waals surface area contributed by atoms with Crippen molar-refractivity contribution in [1.82, 2.24) is 4.98 Å². The maximum atomic E-state index is 11.3. The van der Waals surface area contributed by atoms with Gasteiger partial charge < -0.3 is 10.8 Å². The summed E-state index contributed by atoms with van der Waals surface area (Å²) in [5.41, 5.74) is 7.77. The standard InChI is InChI=1S/C18H20N2O2S/c19-14-12-1-2-13(20-16(12)23-15(14)17(21)22)18-6-9-3-10(7-18)5-11(4-9)8-18/h1-2,9-11H,3-8,19H2,(H,21,22). The van der Waals surface area contributed by atoms with Gasteiger partial charge in [-0.15, -0.1) is 11.3 Å². The summed E-state index contributed by atoms with van der Waals surface area (Å²) < 4.78 is 0. The van der Waals surface area contributed by atoms with E-state index in [1.54, 1.807) is 0 Å². The molecule has 4 aliphatic rings. The van der Waals surface area contributed by atoms with E-state index in [0.717, 1.165) is 28.0 Å². The lowest BCUT2D eigenvalue weighted by atomic mass is 9.49. The topological polar surface area (TPSA) is 76.2 Å². The summed E-state index contributed by atoms with van der Waals surface area (Å²) >= 11 is 1.21. The molecule has 0 amide bonds. The number of aromatic nitrogens is 1. The number of nitrogens with two attached hydrogens (primary N) is 1. The Kier molecular flexibility index (Phi) is 2.68. The highest BCUT2D eigenvalue weighted by Gasteiger charge is 2.52. The molecule has 3 N–H and O–H groups in total. The van der Waals surface area contributed by atoms with Crippen LogP contribution in [0.2, 0.25) is 0 Å². The summed E-state index contributed by atoms with van der Waals surface area (Å²) in [5.74, 6) is 1.67. The number of thiophene rings is 1. The first kappa shape index (κ1) is 13.8. The van der Waals surface area contributed by atoms with Gasteiger partial charge >= 0.3 is 5.97 Å². The Morgan fingerprint density at radius 3 is 2.35 bits per heavy atom. The maximum absolute atomic E-state index is 11.3. The third kappa shape index (κ3) is 1.89. The Bertz CT molecular complexity index is 790. The molecule has 0 radical (unpaired) electrons. The molecule has 23 heavy (non-hydrogen) atoms. The van der Waals surface area contributed by atoms with E-state index in [2.05, 4.69) is 6.07 Å². The van der Waals surface area contributed by atoms with Crippen molar-refractivity contribution >= 4 is 33.2 Å². The molecule has 5 heteroatoms. The molecule has 120 valence electrons. The second-order valence-electron chi connectivity index (χ2n) is 7.90. The second kappa shape index (κ2) is 4.47. The fraction of sp³-hybridized carbons (Fsp3) is 0.556. The fourth-order valence-electron chi connectivity index (χ4n) is 5.88. The zero-order valence-corrected chi connectivity index (χ0v) is 13.7. The van der Waals surface area contributed by atoms with Crippen molar-refractivity contribution in [2.24, 2.45) is 17.8 Å². The first-order chi connectivity index (χ1) is 11.0. The fourth-order valence-corrected chi connectivity index (χ4v) is 6.81. The second-order valence-corrected chi connectivity index (χ2v) is 8.90. The van der Waals surface area contributed by atoms with Crippen LogP contribution in [0.3, 0.4) is 0 Å². The largest absolute Gasteiger partial charge is 0.477 e. The van der Waals surface area contributed by atoms with Crippen LogP contribution in [0.1, 0.15) is 53.9 Å². The molecule has 0 atom stereocenters. The molecular weight excluding hydrogens is 308 g/mol. The third-order valence-corrected chi connectivity index (χ3v) is 7.47. The number of fused-ring (bicyclic) bond motifs is 1. The molecule has 4 nitrogen and oxygen atoms in total. The van der Waals surface area contributed by atoms with Gasteiger partial charge in [0, 0.05) is 16.5 Å². The molecule has 0 spiro atoms. The molecule has 4 aliphatic carbocycles. The summed E-state index contributed by atoms with van der Waals surface area (Å²) in [7, 11) is 0. The molecule has 4 saturated carbocycles. The van der Waals surface area contributed by atoms with Crippen molar-refractivity contribution in [3.05, 3.63) is 22.7 Å². The van der Waals surface area contributed by atoms with E-state index < -0.39 is 5.97 Å². The van der Waals surface area contributed by atoms with Crippen molar-refractivity contribution in [2.75, 3.05) is 5.73 Å². The van der Waals surface area contributed by atoms with E-state index in [1.807, 2.05) is 6.07 Å². The van der Waals surface area contributed by atoms with Crippen LogP contribution in [-0.2, 0) is 5.41 Å². The number of pyridine rings is 1. The smallest absolute Gasteiger partial charge is 0.348 e. The van der Waals surface area contributed by atoms with Gasteiger partial charge in [0.15, 0.2) is 0 Å². The number of carboxylic acids is 1. The van der Waals surface area contributed by atoms with Gasteiger partial charge in [-0.1, -0.05) is 0 Å². The number of hydrogen-bond acceptors (Lipinski definition) is 4. The third-order valence-electron chi connectivity index (χ3n) is 6.37. The predicted molar refractivity (Wildman–Crippen MR) is 90.8 cm³/mol. The van der Waals surface area contributed by atoms with Gasteiger partial charge in [-0.2, -0.15) is 0 Å². The van der Waals surface area contributed by atoms with Crippen molar-refractivity contribution in [3.63, 3.8) is 0 Å². The summed E-state index contributed by atoms with van der Waals surface area (Å²) in [6.07, 6.45) is 8.04. The number of nitrogens with zero attached hydrogens (tertiary/aromatic N) is 1. The van der Waals surface area contributed by atoms with Crippen LogP contribution in [0.5, 0.6) is 0 Å². The number of hydrogen-bond donors (Lipinski definition) is 2. The Hall–Kier alpha value is -1.62. The quantitative estimate of drug-likeness (QED) is 0.872. The molecule has 2 heterocycles. The van der Waals surface area contributed by atoms with Crippen LogP contribution in [0, 0.1) is 17.8 Å². The van der Waals surface area contributed by atoms with Crippen molar-refractivity contribution < 1.29 is 9.90 Å². The van der Waals surface area contributed by atoms with Gasteiger partial charge in [0.1, 0.15) is 9.71 Å². The van der Waals surface area contributed by atoms with E-state index in [9.17, 15) is 9.90 Å². The SMILES string of the molecule is Nc1c(C(=O)O)sc2nc(C34CC5CC(CC(C5)C3)C4)ccc12. The zero-order chi connectivity index (χ0) is 15.8. The number of aromatic carboxylic acids is 1. The van der Waals surface area contributed by atoms with E-state index in [0.29, 0.717) is 5.69 Å². The summed E-state index contributed by atoms with van der Waals surface area (Å²) in [6, 6.07) is 4.11. The monoisotopic (exact) mass is 328 g/mol. The Balaban J connectivity index is 1.62. The van der Waals surface area contributed by atoms with E-state index >= 15 is 0 Å². The van der Waals surface area contributed by atoms with Crippen LogP contribution >= 0.6 is 11.3 Å². The highest BCUT2D eigenvalue weighted by molar-refractivity contribution is 7.21. The van der Waals surface area contributed by atoms with Gasteiger partial charge in [-0.25, -0.2) is 9.78 Å². The molecule has 6 rings (SSSR count). The van der Waals surface area contributed by atoms with Gasteiger partial charge in [0.25, 0.3) is 0 Å². The maximum Gasteiger partial charge on any atom is 0.348 e. The molecule has 0 aromatic carbocycles. The van der Waals surface area contributed by atoms with Crippen LogP contribution < -0.4 is 5.73 Å². The lowest BCUT2D eigenvalue weighted by Gasteiger charge is -2.56. The number of nitrogen functional groups attached to an aromatic ring is 1. The minimum Gasteiger partial charge on any atom is -0.477 e. The highest BCUT2D eigenvalue weighted by Crippen LogP contribution is 2.60. The molecule has 0 unspecified atom stereocenters. The number of anilines is 1. The van der Waals surface area contributed by atoms with Crippen molar-refractivity contribution in [2.45, 2.75) is 43.9 Å². The average Bonchev–Trinajstić information content (AvgIpc) is 2.83. The zero-order valence-electron chi connectivity index (χ0n) is 12.9. The Labute approximate surface area is 138 Å². The predicted octanol–water partition coefficient (Wildman–Crippen LogP) is 4.04. The van der Waals surface area contributed by atoms with Crippen molar-refractivity contribution in [1.29, 1.82) is 0 Å². The summed E-state index contributed by atoms with van der Waals surface area (Å²) in [5, 5.41) is 10.1. The van der Waals surface area contributed by atoms with Crippen LogP contribution in [0.4, 0.5) is 5.69 Å². The Morgan fingerprint density at radius 2 is 1.78 bits per heavy atom. The molecule has 2 aromatic rings. The minimum atomic E-state index is -0.957. The van der Waals surface area contributed by atoms with Gasteiger partial charge in [-0.3, -0.25) is 0 Å². The molecular formula is C18H20N2O2S. The Morgan fingerprint density at radius 1 is 1.17 bits per heavy atom. The van der Waals surface area contributed by atoms with E-state index in [4.69, 9.17) is 10.7 Å². The molecule has 0 saturated heterocycles. The number of carboxylic acid groups (broad SMARTS) is 1. The lowest BCUT2D eigenvalue weighted by molar-refractivity contribution is -0.00704. The average molecular weight is 328 g/mol. The van der Waals surface area contributed by atoms with Crippen LogP contribution in [0.15, 0.2) is 12.1 Å². The molecule has 0 aliphatic heterocycles. The molecule has 4 bridgehead atoms. The molecule has 4 fully saturated rings. The highest BCUT2D eigenvalue weighted by atomic mass is 32.1. The molecule has 2 aromatic heterocycles. The van der Waals surface area contributed by atoms with Gasteiger partial charge in [0.2, 0.25) is 0 Å². The number of rotatable bonds is 2. The summed E-state index contributed by atoms with van der Waals surface area (Å²) in [4.78, 5) is 17.2. The van der Waals surface area contributed by atoms with Crippen LogP contribution in [-0.4, -0.2) is 16.1 Å². The van der Waals surface area contributed by atoms with E-state index in [-0.39, 0.29) is 10.3 Å². The van der Waals surface area contributed by atoms with Gasteiger partial charge in [0.05, 0.1) is 5.69 Å². The van der Waals surface area contributed by atoms with Crippen LogP contribution in [0.25, 0.3) is 10.2 Å². The lowest BCUT2D eigenvalue weighted by Crippen LogP contribution is -2.48. The minimum absolute atomic E-state index is 0.218.